The lowest BCUT2D eigenvalue weighted by Gasteiger charge is -2.15. The summed E-state index contributed by atoms with van der Waals surface area (Å²) in [5.74, 6) is -3.16. The van der Waals surface area contributed by atoms with Crippen LogP contribution in [0.5, 0.6) is 0 Å². The van der Waals surface area contributed by atoms with Crippen LogP contribution >= 0.6 is 0 Å². The van der Waals surface area contributed by atoms with Gasteiger partial charge in [0.25, 0.3) is 17.7 Å². The third kappa shape index (κ3) is 5.35. The Hall–Kier alpha value is -4.25. The molecule has 9 nitrogen and oxygen atoms in total. The maximum absolute atomic E-state index is 13.6. The number of carbonyl (C=O) groups excluding carboxylic acids is 2. The van der Waals surface area contributed by atoms with Crippen LogP contribution in [0, 0.1) is 0 Å². The first-order valence-corrected chi connectivity index (χ1v) is 12.9. The first-order valence-electron chi connectivity index (χ1n) is 12.9. The third-order valence-corrected chi connectivity index (χ3v) is 7.19. The van der Waals surface area contributed by atoms with Gasteiger partial charge in [-0.05, 0) is 54.3 Å². The second-order valence-electron chi connectivity index (χ2n) is 10.1. The van der Waals surface area contributed by atoms with Crippen LogP contribution in [-0.4, -0.2) is 73.9 Å². The van der Waals surface area contributed by atoms with Gasteiger partial charge in [0.05, 0.1) is 23.9 Å². The summed E-state index contributed by atoms with van der Waals surface area (Å²) in [7, 11) is 0. The number of H-pyrrole nitrogens is 1. The van der Waals surface area contributed by atoms with E-state index in [2.05, 4.69) is 25.5 Å². The molecule has 6 rings (SSSR count). The van der Waals surface area contributed by atoms with Crippen molar-refractivity contribution in [1.29, 1.82) is 0 Å². The smallest absolute Gasteiger partial charge is 0.276 e. The highest BCUT2D eigenvalue weighted by Gasteiger charge is 2.37. The zero-order chi connectivity index (χ0) is 27.0. The Balaban J connectivity index is 1.18. The van der Waals surface area contributed by atoms with Gasteiger partial charge >= 0.3 is 0 Å². The molecule has 5 heterocycles. The number of carbonyl (C=O) groups is 2. The highest BCUT2D eigenvalue weighted by Crippen LogP contribution is 2.29. The zero-order valence-electron chi connectivity index (χ0n) is 21.2. The number of hydrogen-bond acceptors (Lipinski definition) is 6. The van der Waals surface area contributed by atoms with Crippen LogP contribution < -0.4 is 5.32 Å². The fraction of sp³-hybridized carbons (Fsp3) is 0.321. The van der Waals surface area contributed by atoms with Crippen LogP contribution in [0.15, 0.2) is 55.0 Å². The number of hydrogen-bond donors (Lipinski definition) is 2. The van der Waals surface area contributed by atoms with Gasteiger partial charge in [-0.1, -0.05) is 6.07 Å². The number of nitrogens with zero attached hydrogens (tertiary/aromatic N) is 5. The van der Waals surface area contributed by atoms with E-state index in [4.69, 9.17) is 0 Å². The maximum Gasteiger partial charge on any atom is 0.276 e. The molecule has 0 saturated carbocycles. The molecule has 2 amide bonds. The molecule has 0 bridgehead atoms. The Kier molecular flexibility index (Phi) is 6.51. The van der Waals surface area contributed by atoms with E-state index in [0.717, 1.165) is 42.6 Å². The van der Waals surface area contributed by atoms with Gasteiger partial charge in [-0.25, -0.2) is 13.8 Å². The second-order valence-corrected chi connectivity index (χ2v) is 10.1. The number of aromatic amines is 1. The molecule has 0 unspecified atom stereocenters. The highest BCUT2D eigenvalue weighted by molar-refractivity contribution is 6.11. The van der Waals surface area contributed by atoms with Gasteiger partial charge in [-0.3, -0.25) is 24.6 Å². The molecule has 4 aromatic rings. The lowest BCUT2D eigenvalue weighted by Crippen LogP contribution is -2.28. The van der Waals surface area contributed by atoms with Gasteiger partial charge in [0.1, 0.15) is 5.69 Å². The van der Waals surface area contributed by atoms with Crippen molar-refractivity contribution in [2.75, 3.05) is 31.5 Å². The minimum Gasteiger partial charge on any atom is -0.337 e. The minimum absolute atomic E-state index is 0.104. The van der Waals surface area contributed by atoms with Crippen LogP contribution in [0.4, 0.5) is 14.5 Å². The molecule has 2 fully saturated rings. The number of likely N-dealkylation sites (tertiary alicyclic amines) is 2. The highest BCUT2D eigenvalue weighted by atomic mass is 19.3. The Morgan fingerprint density at radius 3 is 2.59 bits per heavy atom. The number of anilines is 1. The molecule has 1 aromatic carbocycles. The molecular formula is C28H27F2N7O2. The summed E-state index contributed by atoms with van der Waals surface area (Å²) in [6.07, 6.45) is 6.74. The van der Waals surface area contributed by atoms with Crippen LogP contribution in [0.2, 0.25) is 0 Å². The number of fused-ring (bicyclic) bond motifs is 1. The monoisotopic (exact) mass is 531 g/mol. The predicted octanol–water partition coefficient (Wildman–Crippen LogP) is 4.35. The molecule has 0 aliphatic carbocycles. The summed E-state index contributed by atoms with van der Waals surface area (Å²) >= 11 is 0. The molecule has 0 spiro atoms. The van der Waals surface area contributed by atoms with E-state index in [-0.39, 0.29) is 24.6 Å². The Morgan fingerprint density at radius 2 is 1.85 bits per heavy atom. The number of pyridine rings is 2. The Bertz CT molecular complexity index is 1530. The average Bonchev–Trinajstić information content (AvgIpc) is 3.69. The van der Waals surface area contributed by atoms with Crippen LogP contribution in [0.1, 0.15) is 45.8 Å². The van der Waals surface area contributed by atoms with Gasteiger partial charge in [0, 0.05) is 55.9 Å². The van der Waals surface area contributed by atoms with Crippen molar-refractivity contribution in [2.45, 2.75) is 31.7 Å². The molecule has 3 aromatic heterocycles. The fourth-order valence-corrected chi connectivity index (χ4v) is 5.17. The van der Waals surface area contributed by atoms with Crippen molar-refractivity contribution in [3.63, 3.8) is 0 Å². The summed E-state index contributed by atoms with van der Waals surface area (Å²) in [4.78, 5) is 37.7. The molecule has 200 valence electrons. The van der Waals surface area contributed by atoms with Gasteiger partial charge in [0.2, 0.25) is 0 Å². The average molecular weight is 532 g/mol. The summed E-state index contributed by atoms with van der Waals surface area (Å²) in [6.45, 7) is 1.98. The molecule has 2 aliphatic rings. The largest absolute Gasteiger partial charge is 0.337 e. The van der Waals surface area contributed by atoms with Gasteiger partial charge in [-0.15, -0.1) is 0 Å². The number of rotatable bonds is 6. The number of amides is 2. The molecule has 0 radical (unpaired) electrons. The molecule has 39 heavy (non-hydrogen) atoms. The lowest BCUT2D eigenvalue weighted by atomic mass is 10.0. The zero-order valence-corrected chi connectivity index (χ0v) is 21.2. The number of aromatic nitrogens is 4. The van der Waals surface area contributed by atoms with E-state index in [1.165, 1.54) is 6.20 Å². The molecule has 0 atom stereocenters. The normalized spacial score (nSPS) is 17.1. The Labute approximate surface area is 223 Å². The summed E-state index contributed by atoms with van der Waals surface area (Å²) in [5, 5.41) is 10.5. The quantitative estimate of drug-likeness (QED) is 0.383. The number of alkyl halides is 2. The van der Waals surface area contributed by atoms with E-state index in [1.807, 2.05) is 24.3 Å². The van der Waals surface area contributed by atoms with E-state index in [0.29, 0.717) is 35.4 Å². The molecule has 11 heteroatoms. The van der Waals surface area contributed by atoms with E-state index in [9.17, 15) is 18.4 Å². The van der Waals surface area contributed by atoms with E-state index in [1.54, 1.807) is 34.3 Å². The minimum atomic E-state index is -2.64. The molecule has 2 N–H and O–H groups in total. The fourth-order valence-electron chi connectivity index (χ4n) is 5.17. The van der Waals surface area contributed by atoms with Crippen molar-refractivity contribution < 1.29 is 18.4 Å². The first-order chi connectivity index (χ1) is 18.8. The molecular weight excluding hydrogens is 504 g/mol. The molecule has 2 aliphatic heterocycles. The van der Waals surface area contributed by atoms with Crippen molar-refractivity contribution in [3.05, 3.63) is 71.9 Å². The summed E-state index contributed by atoms with van der Waals surface area (Å²) < 4.78 is 27.2. The SMILES string of the molecule is O=C(Nc1ccc(C(=O)N2CCCC2)nc1)c1n[nH]c2ccc(-c3cncc(CN4CCC(F)(F)C4)c3)cc12. The number of nitrogens with one attached hydrogen (secondary N) is 2. The topological polar surface area (TPSA) is 107 Å². The Morgan fingerprint density at radius 1 is 1.00 bits per heavy atom. The van der Waals surface area contributed by atoms with Gasteiger partial charge < -0.3 is 10.2 Å². The summed E-state index contributed by atoms with van der Waals surface area (Å²) in [6, 6.07) is 10.8. The van der Waals surface area contributed by atoms with Crippen LogP contribution in [-0.2, 0) is 6.54 Å². The van der Waals surface area contributed by atoms with Crippen molar-refractivity contribution in [2.24, 2.45) is 0 Å². The van der Waals surface area contributed by atoms with Crippen molar-refractivity contribution in [1.82, 2.24) is 30.0 Å². The van der Waals surface area contributed by atoms with Crippen LogP contribution in [0.3, 0.4) is 0 Å². The third-order valence-electron chi connectivity index (χ3n) is 7.19. The van der Waals surface area contributed by atoms with E-state index >= 15 is 0 Å². The summed E-state index contributed by atoms with van der Waals surface area (Å²) in [5.41, 5.74) is 4.19. The molecule has 2 saturated heterocycles. The van der Waals surface area contributed by atoms with Gasteiger partial charge in [-0.2, -0.15) is 5.10 Å². The maximum atomic E-state index is 13.6. The second kappa shape index (κ2) is 10.1. The van der Waals surface area contributed by atoms with Crippen molar-refractivity contribution >= 4 is 28.4 Å². The van der Waals surface area contributed by atoms with Crippen LogP contribution in [0.25, 0.3) is 22.0 Å². The van der Waals surface area contributed by atoms with Crippen molar-refractivity contribution in [3.8, 4) is 11.1 Å². The standard InChI is InChI=1S/C28H27F2N7O2/c29-28(30)7-10-36(17-28)16-18-11-20(14-31-13-18)19-3-5-23-22(12-19)25(35-34-23)26(38)33-21-4-6-24(32-15-21)27(39)37-8-1-2-9-37/h3-6,11-15H,1-2,7-10,16-17H2,(H,33,38)(H,34,35). The predicted molar refractivity (Wildman–Crippen MR) is 141 cm³/mol. The number of halogens is 2. The first kappa shape index (κ1) is 25.1. The number of benzene rings is 1. The lowest BCUT2D eigenvalue weighted by molar-refractivity contribution is 0.0115. The van der Waals surface area contributed by atoms with Gasteiger partial charge in [0.15, 0.2) is 5.69 Å². The van der Waals surface area contributed by atoms with E-state index < -0.39 is 11.8 Å².